The van der Waals surface area contributed by atoms with Gasteiger partial charge < -0.3 is 8.66 Å². The molecule has 96 valence electrons. The van der Waals surface area contributed by atoms with Crippen LogP contribution in [0.15, 0.2) is 0 Å². The number of nitrogens with zero attached hydrogens (tertiary/aromatic N) is 1. The maximum Gasteiger partial charge on any atom is 0.379 e. The van der Waals surface area contributed by atoms with Crippen molar-refractivity contribution in [3.63, 3.8) is 0 Å². The van der Waals surface area contributed by atoms with Crippen molar-refractivity contribution >= 4 is 30.9 Å². The number of hydrogen-bond acceptors (Lipinski definition) is 2. The van der Waals surface area contributed by atoms with E-state index in [-0.39, 0.29) is 6.09 Å². The van der Waals surface area contributed by atoms with Crippen molar-refractivity contribution in [1.29, 1.82) is 0 Å². The molecular formula is C10H27NO2Si3. The molecule has 0 saturated heterocycles. The molecule has 0 aliphatic rings. The third kappa shape index (κ3) is 5.31. The van der Waals surface area contributed by atoms with Gasteiger partial charge in [-0.05, 0) is 19.6 Å². The quantitative estimate of drug-likeness (QED) is 0.732. The molecule has 0 aliphatic carbocycles. The Labute approximate surface area is 103 Å². The van der Waals surface area contributed by atoms with Crippen LogP contribution in [0.1, 0.15) is 0 Å². The lowest BCUT2D eigenvalue weighted by Crippen LogP contribution is -2.62. The molecule has 6 heteroatoms. The number of amides is 1. The Balaban J connectivity index is 5.03. The molecule has 3 nitrogen and oxygen atoms in total. The van der Waals surface area contributed by atoms with Crippen molar-refractivity contribution < 1.29 is 9.22 Å². The summed E-state index contributed by atoms with van der Waals surface area (Å²) in [7, 11) is -5.07. The number of carbonyl (C=O) groups is 1. The zero-order valence-corrected chi connectivity index (χ0v) is 15.3. The van der Waals surface area contributed by atoms with Gasteiger partial charge >= 0.3 is 6.09 Å². The molecule has 0 spiro atoms. The van der Waals surface area contributed by atoms with Gasteiger partial charge in [-0.25, -0.2) is 4.79 Å². The Morgan fingerprint density at radius 1 is 0.812 bits per heavy atom. The summed E-state index contributed by atoms with van der Waals surface area (Å²) in [5.41, 5.74) is 0. The topological polar surface area (TPSA) is 29.5 Å². The minimum atomic E-state index is -1.79. The van der Waals surface area contributed by atoms with Crippen molar-refractivity contribution in [3.8, 4) is 0 Å². The summed E-state index contributed by atoms with van der Waals surface area (Å²) in [5.74, 6) is 0. The predicted molar refractivity (Wildman–Crippen MR) is 78.4 cm³/mol. The van der Waals surface area contributed by atoms with Gasteiger partial charge in [0.1, 0.15) is 16.5 Å². The Morgan fingerprint density at radius 2 is 1.12 bits per heavy atom. The molecule has 0 aromatic rings. The molecule has 0 aliphatic heterocycles. The maximum absolute atomic E-state index is 12.3. The monoisotopic (exact) mass is 277 g/mol. The van der Waals surface area contributed by atoms with Gasteiger partial charge in [-0.1, -0.05) is 39.3 Å². The minimum Gasteiger partial charge on any atom is -0.505 e. The van der Waals surface area contributed by atoms with Crippen LogP contribution in [0.25, 0.3) is 0 Å². The Kier molecular flexibility index (Phi) is 4.63. The van der Waals surface area contributed by atoms with Crippen LogP contribution in [0.4, 0.5) is 4.79 Å². The van der Waals surface area contributed by atoms with E-state index in [2.05, 4.69) is 63.2 Å². The summed E-state index contributed by atoms with van der Waals surface area (Å²) in [6, 6.07) is 0. The Bertz CT molecular complexity index is 247. The van der Waals surface area contributed by atoms with E-state index in [0.717, 1.165) is 0 Å². The van der Waals surface area contributed by atoms with E-state index in [0.29, 0.717) is 0 Å². The summed E-state index contributed by atoms with van der Waals surface area (Å²) in [6.45, 7) is 19.4. The molecule has 0 saturated carbocycles. The van der Waals surface area contributed by atoms with E-state index in [1.165, 1.54) is 0 Å². The average Bonchev–Trinajstić information content (AvgIpc) is 1.70. The van der Waals surface area contributed by atoms with Crippen molar-refractivity contribution in [3.05, 3.63) is 0 Å². The lowest BCUT2D eigenvalue weighted by atomic mass is 11.3. The van der Waals surface area contributed by atoms with E-state index >= 15 is 0 Å². The Hall–Kier alpha value is -0.0794. The van der Waals surface area contributed by atoms with Crippen LogP contribution in [-0.4, -0.2) is 35.1 Å². The summed E-state index contributed by atoms with van der Waals surface area (Å²) < 4.78 is 7.74. The summed E-state index contributed by atoms with van der Waals surface area (Å²) in [4.78, 5) is 12.3. The standard InChI is InChI=1S/C10H27NO2Si3/c1-14(2,3)11(15(4,5)6)10(12)13-16(7,8)9/h1-9H3. The minimum absolute atomic E-state index is 0.0718. The van der Waals surface area contributed by atoms with Crippen molar-refractivity contribution in [2.45, 2.75) is 58.9 Å². The second kappa shape index (κ2) is 4.66. The molecule has 0 bridgehead atoms. The second-order valence-electron chi connectivity index (χ2n) is 7.16. The largest absolute Gasteiger partial charge is 0.505 e. The van der Waals surface area contributed by atoms with Crippen LogP contribution < -0.4 is 0 Å². The highest BCUT2D eigenvalue weighted by molar-refractivity contribution is 6.92. The fraction of sp³-hybridized carbons (Fsp3) is 0.900. The maximum atomic E-state index is 12.3. The molecule has 0 fully saturated rings. The van der Waals surface area contributed by atoms with Crippen LogP contribution in [0, 0.1) is 0 Å². The molecule has 0 aromatic heterocycles. The van der Waals surface area contributed by atoms with E-state index in [4.69, 9.17) is 4.43 Å². The third-order valence-corrected chi connectivity index (χ3v) is 9.78. The average molecular weight is 278 g/mol. The van der Waals surface area contributed by atoms with Crippen molar-refractivity contribution in [2.75, 3.05) is 0 Å². The first-order valence-electron chi connectivity index (χ1n) is 5.78. The highest BCUT2D eigenvalue weighted by Gasteiger charge is 2.40. The highest BCUT2D eigenvalue weighted by Crippen LogP contribution is 2.22. The molecule has 0 rings (SSSR count). The van der Waals surface area contributed by atoms with Gasteiger partial charge in [0.25, 0.3) is 0 Å². The van der Waals surface area contributed by atoms with Gasteiger partial charge in [-0.2, -0.15) is 0 Å². The molecule has 0 N–H and O–H groups in total. The smallest absolute Gasteiger partial charge is 0.379 e. The van der Waals surface area contributed by atoms with E-state index < -0.39 is 24.8 Å². The first kappa shape index (κ1) is 15.9. The summed E-state index contributed by atoms with van der Waals surface area (Å²) in [5, 5.41) is 0. The van der Waals surface area contributed by atoms with Gasteiger partial charge in [0.2, 0.25) is 8.32 Å². The zero-order valence-electron chi connectivity index (χ0n) is 12.3. The lowest BCUT2D eigenvalue weighted by molar-refractivity contribution is 0.189. The molecule has 1 amide bonds. The highest BCUT2D eigenvalue weighted by atomic mass is 28.4. The molecule has 0 unspecified atom stereocenters. The first-order valence-corrected chi connectivity index (χ1v) is 16.1. The van der Waals surface area contributed by atoms with Gasteiger partial charge in [-0.3, -0.25) is 0 Å². The van der Waals surface area contributed by atoms with Gasteiger partial charge in [0.15, 0.2) is 0 Å². The van der Waals surface area contributed by atoms with Crippen LogP contribution in [0.3, 0.4) is 0 Å². The fourth-order valence-electron chi connectivity index (χ4n) is 1.86. The zero-order chi connectivity index (χ0) is 13.4. The number of carbonyl (C=O) groups excluding carboxylic acids is 1. The van der Waals surface area contributed by atoms with Crippen LogP contribution in [0.5, 0.6) is 0 Å². The van der Waals surface area contributed by atoms with E-state index in [1.807, 2.05) is 0 Å². The molecular weight excluding hydrogens is 250 g/mol. The predicted octanol–water partition coefficient (Wildman–Crippen LogP) is 3.93. The van der Waals surface area contributed by atoms with Crippen LogP contribution in [-0.2, 0) is 4.43 Å². The molecule has 0 heterocycles. The molecule has 0 radical (unpaired) electrons. The van der Waals surface area contributed by atoms with Gasteiger partial charge in [0, 0.05) is 0 Å². The SMILES string of the molecule is C[Si](C)(C)OC(=O)N([Si](C)(C)C)[Si](C)(C)C. The van der Waals surface area contributed by atoms with Crippen LogP contribution >= 0.6 is 0 Å². The summed E-state index contributed by atoms with van der Waals surface area (Å²) >= 11 is 0. The van der Waals surface area contributed by atoms with E-state index in [1.54, 1.807) is 0 Å². The molecule has 0 aromatic carbocycles. The van der Waals surface area contributed by atoms with Crippen molar-refractivity contribution in [2.24, 2.45) is 0 Å². The Morgan fingerprint density at radius 3 is 1.31 bits per heavy atom. The molecule has 0 atom stereocenters. The molecule has 16 heavy (non-hydrogen) atoms. The first-order chi connectivity index (χ1) is 6.75. The third-order valence-electron chi connectivity index (χ3n) is 1.92. The lowest BCUT2D eigenvalue weighted by Gasteiger charge is -2.43. The van der Waals surface area contributed by atoms with Crippen LogP contribution in [0.2, 0.25) is 58.9 Å². The van der Waals surface area contributed by atoms with Gasteiger partial charge in [-0.15, -0.1) is 0 Å². The second-order valence-corrected chi connectivity index (χ2v) is 21.6. The van der Waals surface area contributed by atoms with Gasteiger partial charge in [0.05, 0.1) is 0 Å². The number of hydrogen-bond donors (Lipinski definition) is 0. The normalized spacial score (nSPS) is 13.6. The summed E-state index contributed by atoms with van der Waals surface area (Å²) in [6.07, 6.45) is -0.0718. The van der Waals surface area contributed by atoms with Crippen molar-refractivity contribution in [1.82, 2.24) is 4.23 Å². The number of rotatable bonds is 3. The van der Waals surface area contributed by atoms with E-state index in [9.17, 15) is 4.79 Å². The fourth-order valence-corrected chi connectivity index (χ4v) is 11.9.